The molecular weight excluding hydrogens is 342 g/mol. The van der Waals surface area contributed by atoms with Gasteiger partial charge in [0, 0.05) is 11.6 Å². The molecular formula is C21H21N3O3. The van der Waals surface area contributed by atoms with Crippen LogP contribution in [0.1, 0.15) is 15.9 Å². The monoisotopic (exact) mass is 363 g/mol. The first kappa shape index (κ1) is 18.3. The first-order chi connectivity index (χ1) is 13.1. The minimum Gasteiger partial charge on any atom is -0.497 e. The molecule has 0 saturated carbocycles. The van der Waals surface area contributed by atoms with Gasteiger partial charge in [0.1, 0.15) is 17.3 Å². The fourth-order valence-electron chi connectivity index (χ4n) is 2.58. The van der Waals surface area contributed by atoms with Gasteiger partial charge in [0.05, 0.1) is 31.8 Å². The van der Waals surface area contributed by atoms with Crippen LogP contribution in [0.4, 0.5) is 17.2 Å². The molecule has 27 heavy (non-hydrogen) atoms. The number of carbonyl (C=O) groups is 1. The molecule has 1 heterocycles. The lowest BCUT2D eigenvalue weighted by Crippen LogP contribution is -2.13. The summed E-state index contributed by atoms with van der Waals surface area (Å²) in [5, 5.41) is 6.03. The van der Waals surface area contributed by atoms with Crippen LogP contribution in [0.15, 0.2) is 60.8 Å². The van der Waals surface area contributed by atoms with Gasteiger partial charge < -0.3 is 20.1 Å². The molecule has 1 amide bonds. The van der Waals surface area contributed by atoms with E-state index in [2.05, 4.69) is 15.6 Å². The van der Waals surface area contributed by atoms with Gasteiger partial charge >= 0.3 is 0 Å². The number of ether oxygens (including phenoxy) is 2. The normalized spacial score (nSPS) is 10.2. The maximum atomic E-state index is 12.3. The number of nitrogens with zero attached hydrogens (tertiary/aromatic N) is 1. The maximum Gasteiger partial charge on any atom is 0.256 e. The van der Waals surface area contributed by atoms with E-state index >= 15 is 0 Å². The Labute approximate surface area is 158 Å². The van der Waals surface area contributed by atoms with Gasteiger partial charge in [-0.25, -0.2) is 4.98 Å². The molecule has 0 aliphatic carbocycles. The second kappa shape index (κ2) is 8.23. The van der Waals surface area contributed by atoms with Crippen molar-refractivity contribution in [1.29, 1.82) is 0 Å². The standard InChI is InChI=1S/C21H21N3O3/c1-14-5-4-6-15(11-14)21(25)24-20-10-7-16(13-22-20)23-18-12-17(26-2)8-9-19(18)27-3/h4-13,23H,1-3H3,(H,22,24,25). The molecule has 0 saturated heterocycles. The molecule has 0 bridgehead atoms. The minimum atomic E-state index is -0.193. The number of rotatable bonds is 6. The lowest BCUT2D eigenvalue weighted by Gasteiger charge is -2.13. The van der Waals surface area contributed by atoms with Crippen LogP contribution < -0.4 is 20.1 Å². The van der Waals surface area contributed by atoms with Gasteiger partial charge in [0.2, 0.25) is 0 Å². The van der Waals surface area contributed by atoms with Gasteiger partial charge in [0.15, 0.2) is 0 Å². The Morgan fingerprint density at radius 3 is 2.52 bits per heavy atom. The lowest BCUT2D eigenvalue weighted by molar-refractivity contribution is 0.102. The van der Waals surface area contributed by atoms with Crippen molar-refractivity contribution in [2.75, 3.05) is 24.9 Å². The van der Waals surface area contributed by atoms with Crippen molar-refractivity contribution >= 4 is 23.1 Å². The number of benzene rings is 2. The summed E-state index contributed by atoms with van der Waals surface area (Å²) in [5.74, 6) is 1.69. The summed E-state index contributed by atoms with van der Waals surface area (Å²) in [4.78, 5) is 16.6. The van der Waals surface area contributed by atoms with Crippen LogP contribution in [-0.4, -0.2) is 25.1 Å². The van der Waals surface area contributed by atoms with Crippen molar-refractivity contribution in [2.24, 2.45) is 0 Å². The van der Waals surface area contributed by atoms with E-state index in [4.69, 9.17) is 9.47 Å². The molecule has 6 heteroatoms. The van der Waals surface area contributed by atoms with E-state index in [0.717, 1.165) is 16.9 Å². The van der Waals surface area contributed by atoms with E-state index < -0.39 is 0 Å². The van der Waals surface area contributed by atoms with E-state index in [1.807, 2.05) is 49.4 Å². The second-order valence-corrected chi connectivity index (χ2v) is 5.95. The van der Waals surface area contributed by atoms with E-state index in [1.54, 1.807) is 32.5 Å². The Bertz CT molecular complexity index is 940. The molecule has 0 aliphatic rings. The van der Waals surface area contributed by atoms with Crippen LogP contribution in [0, 0.1) is 6.92 Å². The average Bonchev–Trinajstić information content (AvgIpc) is 2.69. The molecule has 3 aromatic rings. The van der Waals surface area contributed by atoms with Crippen molar-refractivity contribution in [2.45, 2.75) is 6.92 Å². The number of anilines is 3. The van der Waals surface area contributed by atoms with Crippen LogP contribution in [0.3, 0.4) is 0 Å². The maximum absolute atomic E-state index is 12.3. The zero-order chi connectivity index (χ0) is 19.2. The number of aromatic nitrogens is 1. The molecule has 0 aliphatic heterocycles. The molecule has 2 N–H and O–H groups in total. The molecule has 0 fully saturated rings. The summed E-state index contributed by atoms with van der Waals surface area (Å²) >= 11 is 0. The molecule has 138 valence electrons. The van der Waals surface area contributed by atoms with Crippen LogP contribution in [-0.2, 0) is 0 Å². The number of nitrogens with one attached hydrogen (secondary N) is 2. The smallest absolute Gasteiger partial charge is 0.256 e. The summed E-state index contributed by atoms with van der Waals surface area (Å²) in [5.41, 5.74) is 3.15. The Hall–Kier alpha value is -3.54. The van der Waals surface area contributed by atoms with Crippen LogP contribution in [0.25, 0.3) is 0 Å². The third kappa shape index (κ3) is 4.55. The zero-order valence-electron chi connectivity index (χ0n) is 15.4. The molecule has 0 radical (unpaired) electrons. The van der Waals surface area contributed by atoms with E-state index in [0.29, 0.717) is 22.9 Å². The number of methoxy groups -OCH3 is 2. The summed E-state index contributed by atoms with van der Waals surface area (Å²) in [6.45, 7) is 1.95. The van der Waals surface area contributed by atoms with Gasteiger partial charge in [-0.15, -0.1) is 0 Å². The van der Waals surface area contributed by atoms with Gasteiger partial charge in [-0.2, -0.15) is 0 Å². The Morgan fingerprint density at radius 2 is 1.85 bits per heavy atom. The summed E-state index contributed by atoms with van der Waals surface area (Å²) in [6, 6.07) is 16.5. The zero-order valence-corrected chi connectivity index (χ0v) is 15.4. The third-order valence-electron chi connectivity index (χ3n) is 3.97. The summed E-state index contributed by atoms with van der Waals surface area (Å²) in [6.07, 6.45) is 1.64. The van der Waals surface area contributed by atoms with Crippen LogP contribution in [0.5, 0.6) is 11.5 Å². The number of amides is 1. The molecule has 6 nitrogen and oxygen atoms in total. The lowest BCUT2D eigenvalue weighted by atomic mass is 10.1. The third-order valence-corrected chi connectivity index (χ3v) is 3.97. The van der Waals surface area contributed by atoms with Crippen LogP contribution >= 0.6 is 0 Å². The molecule has 0 unspecified atom stereocenters. The van der Waals surface area contributed by atoms with Gasteiger partial charge in [-0.05, 0) is 43.3 Å². The number of carbonyl (C=O) groups excluding carboxylic acids is 1. The van der Waals surface area contributed by atoms with Crippen molar-refractivity contribution < 1.29 is 14.3 Å². The average molecular weight is 363 g/mol. The predicted octanol–water partition coefficient (Wildman–Crippen LogP) is 4.40. The Morgan fingerprint density at radius 1 is 1.00 bits per heavy atom. The fraction of sp³-hybridized carbons (Fsp3) is 0.143. The van der Waals surface area contributed by atoms with Crippen molar-refractivity contribution in [3.8, 4) is 11.5 Å². The van der Waals surface area contributed by atoms with Gasteiger partial charge in [-0.1, -0.05) is 17.7 Å². The number of hydrogen-bond donors (Lipinski definition) is 2. The SMILES string of the molecule is COc1ccc(OC)c(Nc2ccc(NC(=O)c3cccc(C)c3)nc2)c1. The first-order valence-corrected chi connectivity index (χ1v) is 8.42. The molecule has 0 atom stereocenters. The number of aryl methyl sites for hydroxylation is 1. The molecule has 2 aromatic carbocycles. The summed E-state index contributed by atoms with van der Waals surface area (Å²) < 4.78 is 10.6. The van der Waals surface area contributed by atoms with Crippen molar-refractivity contribution in [1.82, 2.24) is 4.98 Å². The highest BCUT2D eigenvalue weighted by Crippen LogP contribution is 2.31. The fourth-order valence-corrected chi connectivity index (χ4v) is 2.58. The van der Waals surface area contributed by atoms with Crippen LogP contribution in [0.2, 0.25) is 0 Å². The highest BCUT2D eigenvalue weighted by molar-refractivity contribution is 6.03. The van der Waals surface area contributed by atoms with E-state index in [-0.39, 0.29) is 5.91 Å². The number of pyridine rings is 1. The summed E-state index contributed by atoms with van der Waals surface area (Å²) in [7, 11) is 3.22. The predicted molar refractivity (Wildman–Crippen MR) is 106 cm³/mol. The topological polar surface area (TPSA) is 72.5 Å². The first-order valence-electron chi connectivity index (χ1n) is 8.42. The second-order valence-electron chi connectivity index (χ2n) is 5.95. The Balaban J connectivity index is 1.71. The quantitative estimate of drug-likeness (QED) is 0.679. The molecule has 1 aromatic heterocycles. The largest absolute Gasteiger partial charge is 0.497 e. The highest BCUT2D eigenvalue weighted by Gasteiger charge is 2.08. The highest BCUT2D eigenvalue weighted by atomic mass is 16.5. The van der Waals surface area contributed by atoms with Gasteiger partial charge in [-0.3, -0.25) is 4.79 Å². The number of hydrogen-bond acceptors (Lipinski definition) is 5. The van der Waals surface area contributed by atoms with E-state index in [1.165, 1.54) is 0 Å². The minimum absolute atomic E-state index is 0.193. The van der Waals surface area contributed by atoms with E-state index in [9.17, 15) is 4.79 Å². The Kier molecular flexibility index (Phi) is 5.56. The molecule has 3 rings (SSSR count). The van der Waals surface area contributed by atoms with Crippen molar-refractivity contribution in [3.63, 3.8) is 0 Å². The van der Waals surface area contributed by atoms with Gasteiger partial charge in [0.25, 0.3) is 5.91 Å². The molecule has 0 spiro atoms. The van der Waals surface area contributed by atoms with Crippen molar-refractivity contribution in [3.05, 3.63) is 71.9 Å².